The maximum absolute atomic E-state index is 11.9. The molecule has 6 rings (SSSR count). The van der Waals surface area contributed by atoms with E-state index >= 15 is 0 Å². The second-order valence-electron chi connectivity index (χ2n) is 18.1. The first kappa shape index (κ1) is 40.7. The highest BCUT2D eigenvalue weighted by Gasteiger charge is 2.65. The molecule has 12 nitrogen and oxygen atoms in total. The van der Waals surface area contributed by atoms with Gasteiger partial charge in [0, 0.05) is 0 Å². The van der Waals surface area contributed by atoms with Crippen LogP contribution in [0.5, 0.6) is 0 Å². The van der Waals surface area contributed by atoms with Crippen LogP contribution >= 0.6 is 0 Å². The van der Waals surface area contributed by atoms with Gasteiger partial charge in [0.1, 0.15) is 36.6 Å². The van der Waals surface area contributed by atoms with Crippen LogP contribution in [0.25, 0.3) is 0 Å². The molecule has 2 saturated heterocycles. The topological polar surface area (TPSA) is 199 Å². The molecule has 3 saturated carbocycles. The van der Waals surface area contributed by atoms with E-state index in [2.05, 4.69) is 34.3 Å². The fraction of sp³-hybridized carbons (Fsp3) is 0.900. The molecule has 2 aliphatic heterocycles. The molecular weight excluding hydrogens is 672 g/mol. The van der Waals surface area contributed by atoms with Gasteiger partial charge in [0.05, 0.1) is 37.1 Å². The van der Waals surface area contributed by atoms with Gasteiger partial charge in [0.2, 0.25) is 0 Å². The summed E-state index contributed by atoms with van der Waals surface area (Å²) in [6, 6.07) is 0. The molecule has 0 amide bonds. The zero-order valence-electron chi connectivity index (χ0n) is 31.8. The van der Waals surface area contributed by atoms with E-state index in [0.717, 1.165) is 36.8 Å². The van der Waals surface area contributed by atoms with Crippen molar-refractivity contribution in [2.75, 3.05) is 6.61 Å². The number of fused-ring (bicyclic) bond motifs is 5. The van der Waals surface area contributed by atoms with E-state index in [1.165, 1.54) is 0 Å². The predicted molar refractivity (Wildman–Crippen MR) is 190 cm³/mol. The standard InChI is InChI=1S/C40H66O12/c1-18(2)19(3)8-9-22(17-49-37-35(47)33(45)31(43)20(4)50-37)30-28(52-38-36(48)34(46)32(44)21(5)51-38)16-26-29-25(11-13-40(26,30)7)39(6)12-10-24(41)14-23(39)15-27(29)42/h15,18,20-22,24-38,41-48H,3,8-14,16-17H2,1-2,4-7H3. The molecule has 6 aliphatic rings. The van der Waals surface area contributed by atoms with Crippen molar-refractivity contribution in [2.24, 2.45) is 46.3 Å². The average molecular weight is 739 g/mol. The van der Waals surface area contributed by atoms with Gasteiger partial charge in [-0.1, -0.05) is 51.5 Å². The predicted octanol–water partition coefficient (Wildman–Crippen LogP) is 2.17. The lowest BCUT2D eigenvalue weighted by molar-refractivity contribution is -0.312. The average Bonchev–Trinajstić information content (AvgIpc) is 3.39. The van der Waals surface area contributed by atoms with Gasteiger partial charge in [0.15, 0.2) is 12.6 Å². The normalized spacial score (nSPS) is 51.3. The van der Waals surface area contributed by atoms with Crippen molar-refractivity contribution in [1.29, 1.82) is 0 Å². The Morgan fingerprint density at radius 1 is 0.846 bits per heavy atom. The highest BCUT2D eigenvalue weighted by Crippen LogP contribution is 2.68. The summed E-state index contributed by atoms with van der Waals surface area (Å²) in [5.74, 6) is 0.0111. The molecule has 0 aromatic rings. The molecule has 5 fully saturated rings. The molecule has 2 heterocycles. The first-order valence-corrected chi connectivity index (χ1v) is 19.8. The summed E-state index contributed by atoms with van der Waals surface area (Å²) in [5.41, 5.74) is 1.73. The fourth-order valence-corrected chi connectivity index (χ4v) is 11.3. The number of aliphatic hydroxyl groups is 8. The third-order valence-corrected chi connectivity index (χ3v) is 14.8. The van der Waals surface area contributed by atoms with Crippen LogP contribution in [0, 0.1) is 46.3 Å². The van der Waals surface area contributed by atoms with E-state index in [1.54, 1.807) is 13.8 Å². The van der Waals surface area contributed by atoms with Crippen molar-refractivity contribution in [3.8, 4) is 0 Å². The van der Waals surface area contributed by atoms with Gasteiger partial charge >= 0.3 is 0 Å². The van der Waals surface area contributed by atoms with Crippen molar-refractivity contribution in [2.45, 2.75) is 173 Å². The van der Waals surface area contributed by atoms with Crippen LogP contribution in [0.4, 0.5) is 0 Å². The van der Waals surface area contributed by atoms with E-state index in [-0.39, 0.29) is 52.9 Å². The largest absolute Gasteiger partial charge is 0.393 e. The third kappa shape index (κ3) is 7.23. The first-order chi connectivity index (χ1) is 24.4. The molecule has 52 heavy (non-hydrogen) atoms. The molecule has 0 spiro atoms. The molecule has 8 N–H and O–H groups in total. The van der Waals surface area contributed by atoms with Crippen LogP contribution in [-0.2, 0) is 18.9 Å². The molecule has 20 atom stereocenters. The molecular formula is C40H66O12. The second-order valence-corrected chi connectivity index (χ2v) is 18.1. The molecule has 20 unspecified atom stereocenters. The first-order valence-electron chi connectivity index (χ1n) is 19.8. The SMILES string of the molecule is C=C(CCC(COC1OC(C)C(O)C(O)C1O)C1C(OC2OC(C)C(O)C(O)C2O)CC2C3C(O)C=C4CC(O)CCC4(C)C3CCC21C)C(C)C. The van der Waals surface area contributed by atoms with E-state index in [9.17, 15) is 40.9 Å². The maximum Gasteiger partial charge on any atom is 0.186 e. The minimum atomic E-state index is -1.48. The molecule has 12 heteroatoms. The lowest BCUT2D eigenvalue weighted by atomic mass is 9.46. The fourth-order valence-electron chi connectivity index (χ4n) is 11.3. The Hall–Kier alpha value is -1.00. The zero-order chi connectivity index (χ0) is 38.0. The highest BCUT2D eigenvalue weighted by atomic mass is 16.7. The minimum absolute atomic E-state index is 0.00992. The van der Waals surface area contributed by atoms with E-state index < -0.39 is 79.7 Å². The Balaban J connectivity index is 1.36. The number of hydrogen-bond acceptors (Lipinski definition) is 12. The monoisotopic (exact) mass is 738 g/mol. The Morgan fingerprint density at radius 3 is 2.10 bits per heavy atom. The van der Waals surface area contributed by atoms with E-state index in [1.807, 2.05) is 6.08 Å². The summed E-state index contributed by atoms with van der Waals surface area (Å²) in [7, 11) is 0. The van der Waals surface area contributed by atoms with E-state index in [0.29, 0.717) is 25.7 Å². The molecule has 0 aromatic heterocycles. The zero-order valence-corrected chi connectivity index (χ0v) is 31.8. The summed E-state index contributed by atoms with van der Waals surface area (Å²) in [5, 5.41) is 86.5. The van der Waals surface area contributed by atoms with Gasteiger partial charge in [-0.15, -0.1) is 0 Å². The van der Waals surface area contributed by atoms with Crippen molar-refractivity contribution in [3.05, 3.63) is 23.8 Å². The number of aliphatic hydroxyl groups excluding tert-OH is 8. The summed E-state index contributed by atoms with van der Waals surface area (Å²) in [4.78, 5) is 0. The van der Waals surface area contributed by atoms with Crippen LogP contribution in [-0.4, -0.2) is 127 Å². The molecule has 0 radical (unpaired) electrons. The highest BCUT2D eigenvalue weighted by molar-refractivity contribution is 5.28. The summed E-state index contributed by atoms with van der Waals surface area (Å²) < 4.78 is 25.0. The quantitative estimate of drug-likeness (QED) is 0.152. The van der Waals surface area contributed by atoms with Gasteiger partial charge in [-0.3, -0.25) is 0 Å². The Morgan fingerprint density at radius 2 is 1.46 bits per heavy atom. The summed E-state index contributed by atoms with van der Waals surface area (Å²) >= 11 is 0. The lowest BCUT2D eigenvalue weighted by Gasteiger charge is -2.59. The van der Waals surface area contributed by atoms with Crippen molar-refractivity contribution in [3.63, 3.8) is 0 Å². The number of hydrogen-bond donors (Lipinski definition) is 8. The van der Waals surface area contributed by atoms with Crippen molar-refractivity contribution < 1.29 is 59.8 Å². The Bertz CT molecular complexity index is 1290. The minimum Gasteiger partial charge on any atom is -0.393 e. The van der Waals surface area contributed by atoms with Gasteiger partial charge in [0.25, 0.3) is 0 Å². The molecule has 298 valence electrons. The Kier molecular flexibility index (Phi) is 12.1. The summed E-state index contributed by atoms with van der Waals surface area (Å²) in [6.07, 6.45) is -6.05. The van der Waals surface area contributed by atoms with Crippen LogP contribution in [0.3, 0.4) is 0 Å². The van der Waals surface area contributed by atoms with Gasteiger partial charge in [-0.05, 0) is 112 Å². The van der Waals surface area contributed by atoms with Gasteiger partial charge < -0.3 is 59.8 Å². The number of allylic oxidation sites excluding steroid dienone is 1. The second kappa shape index (κ2) is 15.5. The van der Waals surface area contributed by atoms with Crippen molar-refractivity contribution >= 4 is 0 Å². The van der Waals surface area contributed by atoms with Gasteiger partial charge in [-0.25, -0.2) is 0 Å². The van der Waals surface area contributed by atoms with Crippen LogP contribution in [0.1, 0.15) is 92.9 Å². The molecule has 0 aromatic carbocycles. The van der Waals surface area contributed by atoms with Crippen molar-refractivity contribution in [1.82, 2.24) is 0 Å². The maximum atomic E-state index is 11.9. The van der Waals surface area contributed by atoms with Crippen LogP contribution in [0.15, 0.2) is 23.8 Å². The summed E-state index contributed by atoms with van der Waals surface area (Å²) in [6.45, 7) is 16.5. The number of ether oxygens (including phenoxy) is 4. The molecule has 0 bridgehead atoms. The lowest BCUT2D eigenvalue weighted by Crippen LogP contribution is -2.58. The van der Waals surface area contributed by atoms with Crippen LogP contribution < -0.4 is 0 Å². The third-order valence-electron chi connectivity index (χ3n) is 14.8. The molecule has 4 aliphatic carbocycles. The smallest absolute Gasteiger partial charge is 0.186 e. The Labute approximate surface area is 308 Å². The van der Waals surface area contributed by atoms with Crippen LogP contribution in [0.2, 0.25) is 0 Å². The van der Waals surface area contributed by atoms with Gasteiger partial charge in [-0.2, -0.15) is 0 Å². The van der Waals surface area contributed by atoms with E-state index in [4.69, 9.17) is 18.9 Å². The number of rotatable bonds is 10.